The van der Waals surface area contributed by atoms with Gasteiger partial charge in [-0.25, -0.2) is 0 Å². The van der Waals surface area contributed by atoms with Crippen LogP contribution in [0.3, 0.4) is 0 Å². The van der Waals surface area contributed by atoms with Gasteiger partial charge in [0.2, 0.25) is 0 Å². The zero-order valence-corrected chi connectivity index (χ0v) is 16.4. The first-order valence-electron chi connectivity index (χ1n) is 9.31. The highest BCUT2D eigenvalue weighted by Crippen LogP contribution is 2.25. The van der Waals surface area contributed by atoms with Crippen LogP contribution >= 0.6 is 0 Å². The highest BCUT2D eigenvalue weighted by Gasteiger charge is 2.33. The fourth-order valence-corrected chi connectivity index (χ4v) is 3.31. The first-order chi connectivity index (χ1) is 13.3. The number of nitrogens with one attached hydrogen (secondary N) is 1. The van der Waals surface area contributed by atoms with Gasteiger partial charge in [0.15, 0.2) is 0 Å². The maximum Gasteiger partial charge on any atom is 0.264 e. The lowest BCUT2D eigenvalue weighted by molar-refractivity contribution is -0.132. The molecule has 1 aliphatic rings. The molecule has 6 heteroatoms. The molecule has 0 unspecified atom stereocenters. The minimum absolute atomic E-state index is 0.104. The van der Waals surface area contributed by atoms with Crippen LogP contribution in [0.15, 0.2) is 53.2 Å². The van der Waals surface area contributed by atoms with Gasteiger partial charge in [0.25, 0.3) is 11.5 Å². The number of carbonyl (C=O) groups is 1. The van der Waals surface area contributed by atoms with Crippen molar-refractivity contribution in [1.29, 1.82) is 5.26 Å². The third-order valence-corrected chi connectivity index (χ3v) is 4.67. The summed E-state index contributed by atoms with van der Waals surface area (Å²) in [5.41, 5.74) is 2.48. The highest BCUT2D eigenvalue weighted by atomic mass is 16.2. The first-order valence-corrected chi connectivity index (χ1v) is 9.31. The number of carbonyl (C=O) groups excluding carboxylic acids is 1. The molecule has 144 valence electrons. The topological polar surface area (TPSA) is 89.8 Å². The van der Waals surface area contributed by atoms with Crippen molar-refractivity contribution in [3.05, 3.63) is 64.4 Å². The molecular weight excluding hydrogens is 352 g/mol. The van der Waals surface area contributed by atoms with Crippen LogP contribution in [0.2, 0.25) is 0 Å². The van der Waals surface area contributed by atoms with Gasteiger partial charge in [-0.15, -0.1) is 0 Å². The number of allylic oxidation sites excluding steroid dienone is 1. The van der Waals surface area contributed by atoms with Crippen molar-refractivity contribution in [2.75, 3.05) is 13.1 Å². The van der Waals surface area contributed by atoms with Gasteiger partial charge in [-0.1, -0.05) is 26.8 Å². The molecule has 1 N–H and O–H groups in total. The van der Waals surface area contributed by atoms with Crippen LogP contribution in [-0.2, 0) is 11.2 Å². The highest BCUT2D eigenvalue weighted by molar-refractivity contribution is 5.97. The molecule has 0 atom stereocenters. The van der Waals surface area contributed by atoms with Crippen LogP contribution in [0.5, 0.6) is 0 Å². The predicted molar refractivity (Wildman–Crippen MR) is 107 cm³/mol. The molecule has 0 spiro atoms. The van der Waals surface area contributed by atoms with Gasteiger partial charge in [0.05, 0.1) is 0 Å². The lowest BCUT2D eigenvalue weighted by atomic mass is 9.89. The van der Waals surface area contributed by atoms with E-state index >= 15 is 0 Å². The van der Waals surface area contributed by atoms with E-state index < -0.39 is 0 Å². The number of rotatable bonds is 4. The summed E-state index contributed by atoms with van der Waals surface area (Å²) >= 11 is 0. The fraction of sp³-hybridized carbons (Fsp3) is 0.364. The minimum Gasteiger partial charge on any atom is -0.337 e. The Labute approximate surface area is 164 Å². The minimum atomic E-state index is -0.230. The van der Waals surface area contributed by atoms with Crippen molar-refractivity contribution in [1.82, 2.24) is 14.9 Å². The number of nitriles is 1. The molecular formula is C22H24N4O2. The third kappa shape index (κ3) is 4.55. The van der Waals surface area contributed by atoms with E-state index in [1.165, 1.54) is 0 Å². The Hall–Kier alpha value is -3.20. The summed E-state index contributed by atoms with van der Waals surface area (Å²) in [4.78, 5) is 33.2. The number of aromatic amines is 1. The van der Waals surface area contributed by atoms with Gasteiger partial charge in [-0.3, -0.25) is 14.6 Å². The largest absolute Gasteiger partial charge is 0.337 e. The molecule has 3 rings (SSSR count). The van der Waals surface area contributed by atoms with Crippen molar-refractivity contribution in [2.45, 2.75) is 27.2 Å². The van der Waals surface area contributed by atoms with E-state index in [9.17, 15) is 14.9 Å². The average molecular weight is 376 g/mol. The summed E-state index contributed by atoms with van der Waals surface area (Å²) in [7, 11) is 0. The predicted octanol–water partition coefficient (Wildman–Crippen LogP) is 2.93. The van der Waals surface area contributed by atoms with Gasteiger partial charge >= 0.3 is 0 Å². The summed E-state index contributed by atoms with van der Waals surface area (Å²) in [6, 6.07) is 7.71. The van der Waals surface area contributed by atoms with Crippen molar-refractivity contribution in [3.8, 4) is 17.2 Å². The lowest BCUT2D eigenvalue weighted by Gasteiger charge is -2.39. The smallest absolute Gasteiger partial charge is 0.264 e. The molecule has 1 saturated heterocycles. The van der Waals surface area contributed by atoms with E-state index in [0.717, 1.165) is 11.1 Å². The van der Waals surface area contributed by atoms with Crippen LogP contribution in [0.1, 0.15) is 26.3 Å². The Kier molecular flexibility index (Phi) is 5.46. The number of nitrogens with zero attached hydrogens (tertiary/aromatic N) is 3. The molecule has 0 aromatic carbocycles. The van der Waals surface area contributed by atoms with E-state index in [0.29, 0.717) is 25.1 Å². The van der Waals surface area contributed by atoms with Crippen LogP contribution in [-0.4, -0.2) is 33.9 Å². The van der Waals surface area contributed by atoms with E-state index in [-0.39, 0.29) is 28.4 Å². The summed E-state index contributed by atoms with van der Waals surface area (Å²) in [5.74, 6) is -0.0135. The Morgan fingerprint density at radius 2 is 2.00 bits per heavy atom. The zero-order valence-electron chi connectivity index (χ0n) is 16.4. The van der Waals surface area contributed by atoms with Crippen molar-refractivity contribution in [2.24, 2.45) is 11.3 Å². The fourth-order valence-electron chi connectivity index (χ4n) is 3.31. The summed E-state index contributed by atoms with van der Waals surface area (Å²) in [6.07, 6.45) is 7.45. The summed E-state index contributed by atoms with van der Waals surface area (Å²) in [5, 5.41) is 9.29. The molecule has 1 aliphatic heterocycles. The van der Waals surface area contributed by atoms with E-state index in [1.54, 1.807) is 29.6 Å². The van der Waals surface area contributed by atoms with Gasteiger partial charge in [0, 0.05) is 37.2 Å². The van der Waals surface area contributed by atoms with Crippen LogP contribution < -0.4 is 5.56 Å². The first kappa shape index (κ1) is 19.6. The molecule has 0 aliphatic carbocycles. The number of amides is 1. The Balaban J connectivity index is 1.67. The summed E-state index contributed by atoms with van der Waals surface area (Å²) in [6.45, 7) is 6.98. The van der Waals surface area contributed by atoms with Crippen molar-refractivity contribution < 1.29 is 4.79 Å². The number of hydrogen-bond acceptors (Lipinski definition) is 4. The van der Waals surface area contributed by atoms with Crippen LogP contribution in [0.25, 0.3) is 11.1 Å². The molecule has 6 nitrogen and oxygen atoms in total. The zero-order chi connectivity index (χ0) is 20.3. The Bertz CT molecular complexity index is 988. The maximum atomic E-state index is 12.5. The van der Waals surface area contributed by atoms with Crippen molar-refractivity contribution >= 4 is 5.91 Å². The SMILES string of the molecule is CC(C)(C)/C=C(/C#N)C(=O)N1CC(Cc2cc(-c3ccncc3)c[nH]c2=O)C1. The second-order valence-corrected chi connectivity index (χ2v) is 8.29. The molecule has 2 aromatic heterocycles. The van der Waals surface area contributed by atoms with Crippen molar-refractivity contribution in [3.63, 3.8) is 0 Å². The maximum absolute atomic E-state index is 12.5. The van der Waals surface area contributed by atoms with Gasteiger partial charge in [0.1, 0.15) is 11.6 Å². The molecule has 2 aromatic rings. The van der Waals surface area contributed by atoms with E-state index in [1.807, 2.05) is 45.0 Å². The van der Waals surface area contributed by atoms with E-state index in [2.05, 4.69) is 9.97 Å². The molecule has 0 bridgehead atoms. The number of pyridine rings is 2. The second-order valence-electron chi connectivity index (χ2n) is 8.29. The van der Waals surface area contributed by atoms with Gasteiger partial charge in [-0.05, 0) is 47.1 Å². The standard InChI is InChI=1S/C22H24N4O2/c1-22(2,3)10-19(11-23)21(28)26-13-15(14-26)8-17-9-18(12-25-20(17)27)16-4-6-24-7-5-16/h4-7,9-10,12,15H,8,13-14H2,1-3H3,(H,25,27)/b19-10-. The molecule has 1 amide bonds. The summed E-state index contributed by atoms with van der Waals surface area (Å²) < 4.78 is 0. The van der Waals surface area contributed by atoms with E-state index in [4.69, 9.17) is 0 Å². The Morgan fingerprint density at radius 3 is 2.61 bits per heavy atom. The quantitative estimate of drug-likeness (QED) is 0.656. The second kappa shape index (κ2) is 7.81. The molecule has 28 heavy (non-hydrogen) atoms. The van der Waals surface area contributed by atoms with Gasteiger partial charge in [-0.2, -0.15) is 5.26 Å². The number of H-pyrrole nitrogens is 1. The number of aromatic nitrogens is 2. The molecule has 0 saturated carbocycles. The molecule has 0 radical (unpaired) electrons. The van der Waals surface area contributed by atoms with Gasteiger partial charge < -0.3 is 9.88 Å². The van der Waals surface area contributed by atoms with Crippen LogP contribution in [0.4, 0.5) is 0 Å². The normalized spacial score (nSPS) is 15.1. The lowest BCUT2D eigenvalue weighted by Crippen LogP contribution is -2.51. The number of hydrogen-bond donors (Lipinski definition) is 1. The number of likely N-dealkylation sites (tertiary alicyclic amines) is 1. The Morgan fingerprint density at radius 1 is 1.32 bits per heavy atom. The molecule has 3 heterocycles. The van der Waals surface area contributed by atoms with Crippen LogP contribution in [0, 0.1) is 22.7 Å². The average Bonchev–Trinajstić information content (AvgIpc) is 2.63. The molecule has 1 fully saturated rings. The monoisotopic (exact) mass is 376 g/mol. The third-order valence-electron chi connectivity index (χ3n) is 4.67.